The van der Waals surface area contributed by atoms with Crippen LogP contribution in [0.1, 0.15) is 37.6 Å². The summed E-state index contributed by atoms with van der Waals surface area (Å²) < 4.78 is 32.8. The monoisotopic (exact) mass is 423 g/mol. The molecular weight excluding hydrogens is 390 g/mol. The van der Waals surface area contributed by atoms with Crippen LogP contribution < -0.4 is 5.32 Å². The number of rotatable bonds is 6. The molecule has 0 spiro atoms. The fourth-order valence-electron chi connectivity index (χ4n) is 4.48. The Balaban J connectivity index is 1.69. The summed E-state index contributed by atoms with van der Waals surface area (Å²) in [6.07, 6.45) is 1.24. The molecule has 1 aromatic rings. The van der Waals surface area contributed by atoms with Gasteiger partial charge in [-0.3, -0.25) is 4.79 Å². The average Bonchev–Trinajstić information content (AvgIpc) is 2.67. The van der Waals surface area contributed by atoms with Crippen molar-refractivity contribution in [1.29, 1.82) is 0 Å². The lowest BCUT2D eigenvalue weighted by molar-refractivity contribution is 0.0729. The van der Waals surface area contributed by atoms with E-state index in [9.17, 15) is 13.2 Å². The van der Waals surface area contributed by atoms with Gasteiger partial charge in [0.1, 0.15) is 0 Å². The first-order valence-electron chi connectivity index (χ1n) is 10.5. The third kappa shape index (κ3) is 5.57. The highest BCUT2D eigenvalue weighted by Gasteiger charge is 2.30. The predicted molar refractivity (Wildman–Crippen MR) is 112 cm³/mol. The molecule has 1 N–H and O–H groups in total. The van der Waals surface area contributed by atoms with Gasteiger partial charge >= 0.3 is 0 Å². The van der Waals surface area contributed by atoms with Gasteiger partial charge in [0.25, 0.3) is 5.91 Å². The first kappa shape index (κ1) is 22.2. The number of morpholine rings is 1. The molecule has 3 atom stereocenters. The highest BCUT2D eigenvalue weighted by Crippen LogP contribution is 2.22. The van der Waals surface area contributed by atoms with Crippen molar-refractivity contribution in [1.82, 2.24) is 14.5 Å². The number of amides is 1. The summed E-state index contributed by atoms with van der Waals surface area (Å²) in [6.45, 7) is 10.7. The summed E-state index contributed by atoms with van der Waals surface area (Å²) in [5.41, 5.74) is 0.200. The van der Waals surface area contributed by atoms with Crippen LogP contribution in [0.25, 0.3) is 0 Å². The lowest BCUT2D eigenvalue weighted by Gasteiger charge is -2.36. The molecule has 0 bridgehead atoms. The summed E-state index contributed by atoms with van der Waals surface area (Å²) >= 11 is 0. The van der Waals surface area contributed by atoms with Crippen molar-refractivity contribution in [2.75, 3.05) is 45.9 Å². The van der Waals surface area contributed by atoms with Crippen molar-refractivity contribution in [2.24, 2.45) is 11.8 Å². The summed E-state index contributed by atoms with van der Waals surface area (Å²) in [4.78, 5) is 15.4. The number of nitrogens with one attached hydrogen (secondary N) is 1. The van der Waals surface area contributed by atoms with Gasteiger partial charge in [-0.2, -0.15) is 4.31 Å². The zero-order chi connectivity index (χ0) is 21.0. The van der Waals surface area contributed by atoms with Gasteiger partial charge < -0.3 is 15.0 Å². The van der Waals surface area contributed by atoms with Gasteiger partial charge in [-0.15, -0.1) is 0 Å². The largest absolute Gasteiger partial charge is 0.379 e. The normalized spacial score (nSPS) is 25.5. The summed E-state index contributed by atoms with van der Waals surface area (Å²) in [5.74, 6) is 0.963. The Labute approximate surface area is 174 Å². The van der Waals surface area contributed by atoms with E-state index in [1.54, 1.807) is 18.2 Å². The van der Waals surface area contributed by atoms with E-state index < -0.39 is 10.0 Å². The van der Waals surface area contributed by atoms with Crippen molar-refractivity contribution in [3.8, 4) is 0 Å². The van der Waals surface area contributed by atoms with Gasteiger partial charge in [0.05, 0.1) is 23.7 Å². The van der Waals surface area contributed by atoms with Crippen molar-refractivity contribution >= 4 is 15.9 Å². The number of sulfonamides is 1. The van der Waals surface area contributed by atoms with E-state index in [4.69, 9.17) is 4.74 Å². The number of benzene rings is 1. The van der Waals surface area contributed by atoms with Crippen LogP contribution in [0.3, 0.4) is 0 Å². The number of ether oxygens (including phenoxy) is 1. The third-order valence-corrected chi connectivity index (χ3v) is 7.53. The van der Waals surface area contributed by atoms with E-state index in [1.807, 2.05) is 6.92 Å². The number of hydrogen-bond donors (Lipinski definition) is 1. The van der Waals surface area contributed by atoms with Crippen LogP contribution in [0.15, 0.2) is 29.2 Å². The molecule has 3 rings (SSSR count). The standard InChI is InChI=1S/C21H33N3O4S/c1-16-12-17(2)14-23(13-16)15-18(3)22-21(25)19-6-4-5-7-20(19)29(26,27)24-8-10-28-11-9-24/h4-7,16-18H,8-15H2,1-3H3,(H,22,25). The molecule has 162 valence electrons. The van der Waals surface area contributed by atoms with Gasteiger partial charge in [-0.1, -0.05) is 26.0 Å². The minimum Gasteiger partial charge on any atom is -0.379 e. The highest BCUT2D eigenvalue weighted by atomic mass is 32.2. The fourth-order valence-corrected chi connectivity index (χ4v) is 6.08. The Bertz CT molecular complexity index is 798. The molecule has 2 fully saturated rings. The van der Waals surface area contributed by atoms with E-state index in [1.165, 1.54) is 16.8 Å². The van der Waals surface area contributed by atoms with Gasteiger partial charge in [-0.05, 0) is 37.3 Å². The topological polar surface area (TPSA) is 79.0 Å². The van der Waals surface area contributed by atoms with Crippen molar-refractivity contribution in [3.05, 3.63) is 29.8 Å². The van der Waals surface area contributed by atoms with Crippen LogP contribution in [0.2, 0.25) is 0 Å². The third-order valence-electron chi connectivity index (χ3n) is 5.57. The van der Waals surface area contributed by atoms with Crippen LogP contribution in [-0.4, -0.2) is 75.5 Å². The number of carbonyl (C=O) groups is 1. The summed E-state index contributed by atoms with van der Waals surface area (Å²) in [5, 5.41) is 3.00. The smallest absolute Gasteiger partial charge is 0.252 e. The summed E-state index contributed by atoms with van der Waals surface area (Å²) in [7, 11) is -3.73. The number of likely N-dealkylation sites (tertiary alicyclic amines) is 1. The van der Waals surface area contributed by atoms with Crippen LogP contribution in [0.5, 0.6) is 0 Å². The Morgan fingerprint density at radius 2 is 1.79 bits per heavy atom. The molecule has 0 radical (unpaired) electrons. The van der Waals surface area contributed by atoms with Crippen LogP contribution in [-0.2, 0) is 14.8 Å². The van der Waals surface area contributed by atoms with E-state index >= 15 is 0 Å². The molecule has 2 aliphatic heterocycles. The number of hydrogen-bond acceptors (Lipinski definition) is 5. The second kappa shape index (κ2) is 9.55. The van der Waals surface area contributed by atoms with Crippen LogP contribution >= 0.6 is 0 Å². The Morgan fingerprint density at radius 1 is 1.17 bits per heavy atom. The fraction of sp³-hybridized carbons (Fsp3) is 0.667. The molecule has 0 aromatic heterocycles. The van der Waals surface area contributed by atoms with Gasteiger partial charge in [-0.25, -0.2) is 8.42 Å². The zero-order valence-corrected chi connectivity index (χ0v) is 18.5. The molecule has 7 nitrogen and oxygen atoms in total. The highest BCUT2D eigenvalue weighted by molar-refractivity contribution is 7.89. The molecule has 2 saturated heterocycles. The number of carbonyl (C=O) groups excluding carboxylic acids is 1. The van der Waals surface area contributed by atoms with Crippen molar-refractivity contribution < 1.29 is 17.9 Å². The minimum absolute atomic E-state index is 0.0619. The van der Waals surface area contributed by atoms with Crippen LogP contribution in [0.4, 0.5) is 0 Å². The lowest BCUT2D eigenvalue weighted by Crippen LogP contribution is -2.47. The molecule has 3 unspecified atom stereocenters. The lowest BCUT2D eigenvalue weighted by atomic mass is 9.92. The summed E-state index contributed by atoms with van der Waals surface area (Å²) in [6, 6.07) is 6.38. The Kier molecular flexibility index (Phi) is 7.32. The zero-order valence-electron chi connectivity index (χ0n) is 17.6. The maximum Gasteiger partial charge on any atom is 0.252 e. The SMILES string of the molecule is CC1CC(C)CN(CC(C)NC(=O)c2ccccc2S(=O)(=O)N2CCOCC2)C1. The molecule has 29 heavy (non-hydrogen) atoms. The molecule has 2 aliphatic rings. The van der Waals surface area contributed by atoms with E-state index in [0.717, 1.165) is 19.6 Å². The molecule has 8 heteroatoms. The Morgan fingerprint density at radius 3 is 2.45 bits per heavy atom. The van der Waals surface area contributed by atoms with Gasteiger partial charge in [0, 0.05) is 38.8 Å². The molecular formula is C21H33N3O4S. The maximum absolute atomic E-state index is 13.1. The van der Waals surface area contributed by atoms with E-state index in [-0.39, 0.29) is 22.4 Å². The molecule has 0 aliphatic carbocycles. The average molecular weight is 424 g/mol. The van der Waals surface area contributed by atoms with Gasteiger partial charge in [0.2, 0.25) is 10.0 Å². The predicted octanol–water partition coefficient (Wildman–Crippen LogP) is 1.80. The number of piperidine rings is 1. The second-order valence-electron chi connectivity index (χ2n) is 8.55. The van der Waals surface area contributed by atoms with Gasteiger partial charge in [0.15, 0.2) is 0 Å². The molecule has 0 saturated carbocycles. The van der Waals surface area contributed by atoms with E-state index in [2.05, 4.69) is 24.1 Å². The Hall–Kier alpha value is -1.48. The minimum atomic E-state index is -3.73. The first-order chi connectivity index (χ1) is 13.8. The first-order valence-corrected chi connectivity index (χ1v) is 11.9. The van der Waals surface area contributed by atoms with Crippen LogP contribution in [0, 0.1) is 11.8 Å². The molecule has 1 amide bonds. The van der Waals surface area contributed by atoms with Crippen molar-refractivity contribution in [3.63, 3.8) is 0 Å². The van der Waals surface area contributed by atoms with E-state index in [0.29, 0.717) is 38.1 Å². The number of nitrogens with zero attached hydrogens (tertiary/aromatic N) is 2. The molecule has 1 aromatic carbocycles. The quantitative estimate of drug-likeness (QED) is 0.755. The molecule has 2 heterocycles. The maximum atomic E-state index is 13.1. The second-order valence-corrected chi connectivity index (χ2v) is 10.5. The van der Waals surface area contributed by atoms with Crippen molar-refractivity contribution in [2.45, 2.75) is 38.1 Å².